The molecule has 0 aromatic carbocycles. The van der Waals surface area contributed by atoms with Crippen LogP contribution in [0.3, 0.4) is 0 Å². The molecule has 22 heavy (non-hydrogen) atoms. The monoisotopic (exact) mass is 330 g/mol. The molecule has 1 saturated heterocycles. The van der Waals surface area contributed by atoms with E-state index in [1.165, 1.54) is 6.42 Å². The van der Waals surface area contributed by atoms with Crippen LogP contribution in [0.15, 0.2) is 0 Å². The Morgan fingerprint density at radius 3 is 2.41 bits per heavy atom. The number of unbranched alkanes of at least 4 members (excludes halogenated alkanes) is 1. The van der Waals surface area contributed by atoms with Gasteiger partial charge < -0.3 is 4.90 Å². The molecule has 1 amide bonds. The summed E-state index contributed by atoms with van der Waals surface area (Å²) in [5.41, 5.74) is 0. The van der Waals surface area contributed by atoms with Crippen LogP contribution in [0.2, 0.25) is 0 Å². The highest BCUT2D eigenvalue weighted by molar-refractivity contribution is 7.89. The van der Waals surface area contributed by atoms with E-state index >= 15 is 0 Å². The van der Waals surface area contributed by atoms with Gasteiger partial charge in [0.05, 0.1) is 5.75 Å². The Morgan fingerprint density at radius 1 is 1.00 bits per heavy atom. The molecule has 1 aliphatic carbocycles. The van der Waals surface area contributed by atoms with Crippen molar-refractivity contribution >= 4 is 15.9 Å². The third-order valence-electron chi connectivity index (χ3n) is 4.87. The molecule has 1 aliphatic heterocycles. The Morgan fingerprint density at radius 2 is 1.73 bits per heavy atom. The first-order valence-corrected chi connectivity index (χ1v) is 10.4. The van der Waals surface area contributed by atoms with Gasteiger partial charge in [-0.1, -0.05) is 32.6 Å². The highest BCUT2D eigenvalue weighted by atomic mass is 32.2. The first-order valence-electron chi connectivity index (χ1n) is 8.81. The molecule has 2 aliphatic rings. The van der Waals surface area contributed by atoms with Gasteiger partial charge in [-0.2, -0.15) is 0 Å². The topological polar surface area (TPSA) is 57.7 Å². The van der Waals surface area contributed by atoms with Gasteiger partial charge in [-0.3, -0.25) is 4.79 Å². The summed E-state index contributed by atoms with van der Waals surface area (Å²) in [6.07, 6.45) is 7.92. The fourth-order valence-electron chi connectivity index (χ4n) is 3.46. The third kappa shape index (κ3) is 4.69. The molecule has 0 aromatic rings. The van der Waals surface area contributed by atoms with E-state index in [0.717, 1.165) is 38.5 Å². The first kappa shape index (κ1) is 17.7. The van der Waals surface area contributed by atoms with E-state index in [-0.39, 0.29) is 17.6 Å². The predicted molar refractivity (Wildman–Crippen MR) is 88.0 cm³/mol. The second kappa shape index (κ2) is 8.29. The van der Waals surface area contributed by atoms with Crippen LogP contribution in [0.25, 0.3) is 0 Å². The fourth-order valence-corrected chi connectivity index (χ4v) is 5.13. The van der Waals surface area contributed by atoms with Gasteiger partial charge in [-0.25, -0.2) is 12.7 Å². The van der Waals surface area contributed by atoms with Crippen molar-refractivity contribution in [3.63, 3.8) is 0 Å². The molecule has 0 unspecified atom stereocenters. The maximum absolute atomic E-state index is 12.6. The normalized spacial score (nSPS) is 22.5. The van der Waals surface area contributed by atoms with Gasteiger partial charge in [0.15, 0.2) is 0 Å². The number of nitrogens with zero attached hydrogens (tertiary/aromatic N) is 2. The Hall–Kier alpha value is -0.620. The lowest BCUT2D eigenvalue weighted by atomic mass is 9.88. The van der Waals surface area contributed by atoms with E-state index < -0.39 is 10.0 Å². The van der Waals surface area contributed by atoms with E-state index in [2.05, 4.69) is 0 Å². The number of hydrogen-bond acceptors (Lipinski definition) is 3. The number of amides is 1. The van der Waals surface area contributed by atoms with Gasteiger partial charge in [0, 0.05) is 32.1 Å². The lowest BCUT2D eigenvalue weighted by Gasteiger charge is -2.28. The second-order valence-electron chi connectivity index (χ2n) is 6.58. The second-order valence-corrected chi connectivity index (χ2v) is 8.67. The quantitative estimate of drug-likeness (QED) is 0.777. The zero-order valence-corrected chi connectivity index (χ0v) is 14.6. The molecular formula is C16H30N2O3S. The van der Waals surface area contributed by atoms with Crippen LogP contribution in [-0.4, -0.2) is 55.5 Å². The SMILES string of the molecule is CCCCS(=O)(=O)N1CCCN(C(=O)C2CCCCC2)CC1. The van der Waals surface area contributed by atoms with Gasteiger partial charge in [0.1, 0.15) is 0 Å². The number of rotatable bonds is 5. The molecule has 2 fully saturated rings. The molecule has 5 nitrogen and oxygen atoms in total. The van der Waals surface area contributed by atoms with Crippen molar-refractivity contribution in [1.82, 2.24) is 9.21 Å². The molecule has 0 radical (unpaired) electrons. The highest BCUT2D eigenvalue weighted by Gasteiger charge is 2.30. The molecule has 2 rings (SSSR count). The van der Waals surface area contributed by atoms with Crippen LogP contribution in [0.1, 0.15) is 58.3 Å². The van der Waals surface area contributed by atoms with Crippen LogP contribution in [-0.2, 0) is 14.8 Å². The van der Waals surface area contributed by atoms with Crippen molar-refractivity contribution in [2.45, 2.75) is 58.3 Å². The van der Waals surface area contributed by atoms with Crippen LogP contribution < -0.4 is 0 Å². The first-order chi connectivity index (χ1) is 10.5. The van der Waals surface area contributed by atoms with Crippen molar-refractivity contribution < 1.29 is 13.2 Å². The van der Waals surface area contributed by atoms with Crippen molar-refractivity contribution in [2.75, 3.05) is 31.9 Å². The summed E-state index contributed by atoms with van der Waals surface area (Å²) in [5, 5.41) is 0. The Balaban J connectivity index is 1.90. The number of carbonyl (C=O) groups excluding carboxylic acids is 1. The van der Waals surface area contributed by atoms with E-state index in [9.17, 15) is 13.2 Å². The van der Waals surface area contributed by atoms with Gasteiger partial charge in [0.2, 0.25) is 15.9 Å². The standard InChI is InChI=1S/C16H30N2O3S/c1-2-3-14-22(20,21)18-11-7-10-17(12-13-18)16(19)15-8-5-4-6-9-15/h15H,2-14H2,1H3. The van der Waals surface area contributed by atoms with Crippen molar-refractivity contribution in [3.05, 3.63) is 0 Å². The summed E-state index contributed by atoms with van der Waals surface area (Å²) < 4.78 is 26.2. The highest BCUT2D eigenvalue weighted by Crippen LogP contribution is 2.26. The maximum atomic E-state index is 12.6. The summed E-state index contributed by atoms with van der Waals surface area (Å²) >= 11 is 0. The minimum atomic E-state index is -3.15. The number of carbonyl (C=O) groups is 1. The molecule has 1 heterocycles. The van der Waals surface area contributed by atoms with Crippen LogP contribution in [0, 0.1) is 5.92 Å². The fraction of sp³-hybridized carbons (Fsp3) is 0.938. The van der Waals surface area contributed by atoms with E-state index in [1.807, 2.05) is 11.8 Å². The van der Waals surface area contributed by atoms with E-state index in [1.54, 1.807) is 4.31 Å². The largest absolute Gasteiger partial charge is 0.341 e. The lowest BCUT2D eigenvalue weighted by molar-refractivity contribution is -0.136. The zero-order valence-electron chi connectivity index (χ0n) is 13.8. The average molecular weight is 330 g/mol. The summed E-state index contributed by atoms with van der Waals surface area (Å²) in [5.74, 6) is 0.671. The van der Waals surface area contributed by atoms with Crippen LogP contribution >= 0.6 is 0 Å². The average Bonchev–Trinajstić information content (AvgIpc) is 2.80. The van der Waals surface area contributed by atoms with Gasteiger partial charge in [-0.15, -0.1) is 0 Å². The molecule has 0 atom stereocenters. The van der Waals surface area contributed by atoms with Crippen molar-refractivity contribution in [3.8, 4) is 0 Å². The zero-order chi connectivity index (χ0) is 16.0. The van der Waals surface area contributed by atoms with Crippen LogP contribution in [0.4, 0.5) is 0 Å². The van der Waals surface area contributed by atoms with Gasteiger partial charge >= 0.3 is 0 Å². The molecule has 6 heteroatoms. The number of sulfonamides is 1. The smallest absolute Gasteiger partial charge is 0.225 e. The minimum Gasteiger partial charge on any atom is -0.341 e. The van der Waals surface area contributed by atoms with E-state index in [4.69, 9.17) is 0 Å². The summed E-state index contributed by atoms with van der Waals surface area (Å²) in [6, 6.07) is 0. The summed E-state index contributed by atoms with van der Waals surface area (Å²) in [7, 11) is -3.15. The van der Waals surface area contributed by atoms with Gasteiger partial charge in [-0.05, 0) is 25.7 Å². The minimum absolute atomic E-state index is 0.178. The van der Waals surface area contributed by atoms with Gasteiger partial charge in [0.25, 0.3) is 0 Å². The third-order valence-corrected chi connectivity index (χ3v) is 6.83. The van der Waals surface area contributed by atoms with Crippen molar-refractivity contribution in [1.29, 1.82) is 0 Å². The molecule has 0 bridgehead atoms. The summed E-state index contributed by atoms with van der Waals surface area (Å²) in [4.78, 5) is 14.5. The number of hydrogen-bond donors (Lipinski definition) is 0. The lowest BCUT2D eigenvalue weighted by Crippen LogP contribution is -2.40. The summed E-state index contributed by atoms with van der Waals surface area (Å²) in [6.45, 7) is 4.28. The Bertz CT molecular complexity index is 458. The Kier molecular flexibility index (Phi) is 6.68. The molecule has 128 valence electrons. The van der Waals surface area contributed by atoms with Crippen molar-refractivity contribution in [2.24, 2.45) is 5.92 Å². The maximum Gasteiger partial charge on any atom is 0.225 e. The molecule has 0 N–H and O–H groups in total. The predicted octanol–water partition coefficient (Wildman–Crippen LogP) is 2.23. The molecule has 0 spiro atoms. The molecule has 1 saturated carbocycles. The Labute approximate surface area is 135 Å². The van der Waals surface area contributed by atoms with Crippen LogP contribution in [0.5, 0.6) is 0 Å². The molecular weight excluding hydrogens is 300 g/mol. The van der Waals surface area contributed by atoms with E-state index in [0.29, 0.717) is 32.6 Å². The molecule has 0 aromatic heterocycles.